The van der Waals surface area contributed by atoms with Crippen LogP contribution >= 0.6 is 0 Å². The van der Waals surface area contributed by atoms with Crippen molar-refractivity contribution in [3.63, 3.8) is 0 Å². The lowest BCUT2D eigenvalue weighted by Gasteiger charge is -2.31. The molecule has 102 valence electrons. The number of hydrogen-bond acceptors (Lipinski definition) is 4. The van der Waals surface area contributed by atoms with Crippen molar-refractivity contribution in [3.05, 3.63) is 41.6 Å². The molecule has 0 spiro atoms. The van der Waals surface area contributed by atoms with Gasteiger partial charge in [0, 0.05) is 33.2 Å². The van der Waals surface area contributed by atoms with Crippen molar-refractivity contribution in [1.82, 2.24) is 15.6 Å². The van der Waals surface area contributed by atoms with E-state index in [-0.39, 0.29) is 0 Å². The van der Waals surface area contributed by atoms with Gasteiger partial charge in [-0.05, 0) is 18.1 Å². The topological polar surface area (TPSA) is 39.7 Å². The van der Waals surface area contributed by atoms with Gasteiger partial charge in [0.15, 0.2) is 0 Å². The molecule has 1 aromatic rings. The van der Waals surface area contributed by atoms with Crippen LogP contribution in [0.25, 0.3) is 5.57 Å². The molecule has 1 heterocycles. The smallest absolute Gasteiger partial charge is 0.0704 e. The first-order valence-corrected chi connectivity index (χ1v) is 6.74. The van der Waals surface area contributed by atoms with Crippen LogP contribution in [-0.2, 0) is 0 Å². The first-order chi connectivity index (χ1) is 9.33. The highest BCUT2D eigenvalue weighted by atomic mass is 15.3. The van der Waals surface area contributed by atoms with E-state index in [0.717, 1.165) is 26.2 Å². The molecule has 1 saturated heterocycles. The molecule has 0 amide bonds. The summed E-state index contributed by atoms with van der Waals surface area (Å²) in [6, 6.07) is 10.5. The second-order valence-electron chi connectivity index (χ2n) is 4.60. The highest BCUT2D eigenvalue weighted by Gasteiger charge is 2.14. The number of benzene rings is 1. The maximum Gasteiger partial charge on any atom is 0.0704 e. The van der Waals surface area contributed by atoms with Gasteiger partial charge in [-0.2, -0.15) is 5.10 Å². The SMILES string of the molecule is CN/N=C\C(=C(/C)c1ccccc1)N1CCNCC1. The Morgan fingerprint density at radius 3 is 2.58 bits per heavy atom. The van der Waals surface area contributed by atoms with Crippen molar-refractivity contribution in [2.45, 2.75) is 6.92 Å². The Hall–Kier alpha value is -1.81. The maximum atomic E-state index is 4.20. The Morgan fingerprint density at radius 1 is 1.26 bits per heavy atom. The van der Waals surface area contributed by atoms with Gasteiger partial charge in [-0.3, -0.25) is 0 Å². The minimum Gasteiger partial charge on any atom is -0.367 e. The van der Waals surface area contributed by atoms with Gasteiger partial charge in [-0.25, -0.2) is 0 Å². The monoisotopic (exact) mass is 258 g/mol. The lowest BCUT2D eigenvalue weighted by molar-refractivity contribution is 0.314. The predicted octanol–water partition coefficient (Wildman–Crippen LogP) is 1.53. The number of rotatable bonds is 4. The van der Waals surface area contributed by atoms with E-state index in [9.17, 15) is 0 Å². The second-order valence-corrected chi connectivity index (χ2v) is 4.60. The first-order valence-electron chi connectivity index (χ1n) is 6.74. The molecule has 0 saturated carbocycles. The molecule has 4 heteroatoms. The van der Waals surface area contributed by atoms with Gasteiger partial charge in [0.05, 0.1) is 11.9 Å². The van der Waals surface area contributed by atoms with Crippen LogP contribution in [0.2, 0.25) is 0 Å². The fourth-order valence-electron chi connectivity index (χ4n) is 2.28. The molecular formula is C15H22N4. The summed E-state index contributed by atoms with van der Waals surface area (Å²) in [4.78, 5) is 2.39. The van der Waals surface area contributed by atoms with Crippen LogP contribution in [0.15, 0.2) is 41.1 Å². The van der Waals surface area contributed by atoms with Crippen LogP contribution < -0.4 is 10.7 Å². The number of hydrazone groups is 1. The van der Waals surface area contributed by atoms with Crippen LogP contribution in [-0.4, -0.2) is 44.3 Å². The predicted molar refractivity (Wildman–Crippen MR) is 81.0 cm³/mol. The van der Waals surface area contributed by atoms with Crippen molar-refractivity contribution in [2.75, 3.05) is 33.2 Å². The van der Waals surface area contributed by atoms with Gasteiger partial charge in [-0.1, -0.05) is 30.3 Å². The third-order valence-electron chi connectivity index (χ3n) is 3.36. The average Bonchev–Trinajstić information content (AvgIpc) is 2.49. The lowest BCUT2D eigenvalue weighted by Crippen LogP contribution is -2.43. The van der Waals surface area contributed by atoms with E-state index >= 15 is 0 Å². The minimum absolute atomic E-state index is 1.02. The van der Waals surface area contributed by atoms with Gasteiger partial charge in [0.2, 0.25) is 0 Å². The summed E-state index contributed by atoms with van der Waals surface area (Å²) in [6.45, 7) is 6.26. The van der Waals surface area contributed by atoms with Gasteiger partial charge >= 0.3 is 0 Å². The maximum absolute atomic E-state index is 4.20. The van der Waals surface area contributed by atoms with Crippen molar-refractivity contribution >= 4 is 11.8 Å². The first kappa shape index (κ1) is 13.6. The third-order valence-corrected chi connectivity index (χ3v) is 3.36. The number of hydrogen-bond donors (Lipinski definition) is 2. The van der Waals surface area contributed by atoms with E-state index in [1.807, 2.05) is 19.3 Å². The highest BCUT2D eigenvalue weighted by molar-refractivity contribution is 5.89. The molecule has 1 aromatic carbocycles. The largest absolute Gasteiger partial charge is 0.367 e. The van der Waals surface area contributed by atoms with Crippen LogP contribution in [0.1, 0.15) is 12.5 Å². The Balaban J connectivity index is 2.32. The zero-order valence-electron chi connectivity index (χ0n) is 11.7. The molecule has 2 rings (SSSR count). The molecule has 1 aliphatic heterocycles. The van der Waals surface area contributed by atoms with Crippen molar-refractivity contribution in [3.8, 4) is 0 Å². The standard InChI is InChI=1S/C15H22N4/c1-13(14-6-4-3-5-7-14)15(12-18-16-2)19-10-8-17-9-11-19/h3-7,12,16-17H,8-11H2,1-2H3/b15-13-,18-12-. The quantitative estimate of drug-likeness (QED) is 0.635. The van der Waals surface area contributed by atoms with Gasteiger partial charge in [-0.15, -0.1) is 0 Å². The van der Waals surface area contributed by atoms with Gasteiger partial charge < -0.3 is 15.6 Å². The van der Waals surface area contributed by atoms with E-state index in [0.29, 0.717) is 0 Å². The normalized spacial score (nSPS) is 17.5. The summed E-state index contributed by atoms with van der Waals surface area (Å²) in [7, 11) is 1.82. The Kier molecular flexibility index (Phi) is 4.98. The molecule has 4 nitrogen and oxygen atoms in total. The Bertz CT molecular complexity index is 444. The molecule has 19 heavy (non-hydrogen) atoms. The summed E-state index contributed by atoms with van der Waals surface area (Å²) in [5.41, 5.74) is 6.55. The van der Waals surface area contributed by atoms with Crippen LogP contribution in [0.5, 0.6) is 0 Å². The van der Waals surface area contributed by atoms with Crippen molar-refractivity contribution < 1.29 is 0 Å². The fourth-order valence-corrected chi connectivity index (χ4v) is 2.28. The van der Waals surface area contributed by atoms with E-state index < -0.39 is 0 Å². The molecular weight excluding hydrogens is 236 g/mol. The van der Waals surface area contributed by atoms with Crippen LogP contribution in [0, 0.1) is 0 Å². The molecule has 0 aromatic heterocycles. The number of nitrogens with one attached hydrogen (secondary N) is 2. The number of nitrogens with zero attached hydrogens (tertiary/aromatic N) is 2. The number of allylic oxidation sites excluding steroid dienone is 2. The molecule has 0 atom stereocenters. The molecule has 1 aliphatic rings. The Labute approximate surface area is 115 Å². The van der Waals surface area contributed by atoms with Gasteiger partial charge in [0.25, 0.3) is 0 Å². The third kappa shape index (κ3) is 3.58. The van der Waals surface area contributed by atoms with Crippen molar-refractivity contribution in [2.24, 2.45) is 5.10 Å². The van der Waals surface area contributed by atoms with Crippen molar-refractivity contribution in [1.29, 1.82) is 0 Å². The summed E-state index contributed by atoms with van der Waals surface area (Å²) >= 11 is 0. The molecule has 2 N–H and O–H groups in total. The summed E-state index contributed by atoms with van der Waals surface area (Å²) < 4.78 is 0. The van der Waals surface area contributed by atoms with E-state index in [1.54, 1.807) is 0 Å². The summed E-state index contributed by atoms with van der Waals surface area (Å²) in [6.07, 6.45) is 1.92. The zero-order valence-corrected chi connectivity index (χ0v) is 11.7. The fraction of sp³-hybridized carbons (Fsp3) is 0.400. The summed E-state index contributed by atoms with van der Waals surface area (Å²) in [5.74, 6) is 0. The highest BCUT2D eigenvalue weighted by Crippen LogP contribution is 2.20. The molecule has 0 bridgehead atoms. The molecule has 0 radical (unpaired) electrons. The van der Waals surface area contributed by atoms with Crippen LogP contribution in [0.4, 0.5) is 0 Å². The van der Waals surface area contributed by atoms with E-state index in [4.69, 9.17) is 0 Å². The molecule has 0 unspecified atom stereocenters. The van der Waals surface area contributed by atoms with Crippen LogP contribution in [0.3, 0.4) is 0 Å². The number of piperazine rings is 1. The zero-order chi connectivity index (χ0) is 13.5. The van der Waals surface area contributed by atoms with E-state index in [2.05, 4.69) is 51.9 Å². The average molecular weight is 258 g/mol. The molecule has 1 fully saturated rings. The second kappa shape index (κ2) is 6.95. The summed E-state index contributed by atoms with van der Waals surface area (Å²) in [5, 5.41) is 7.58. The van der Waals surface area contributed by atoms with E-state index in [1.165, 1.54) is 16.8 Å². The lowest BCUT2D eigenvalue weighted by atomic mass is 10.0. The molecule has 0 aliphatic carbocycles. The Morgan fingerprint density at radius 2 is 1.95 bits per heavy atom. The van der Waals surface area contributed by atoms with Gasteiger partial charge in [0.1, 0.15) is 0 Å². The minimum atomic E-state index is 1.02.